The molecule has 0 unspecified atom stereocenters. The second-order valence-corrected chi connectivity index (χ2v) is 5.68. The maximum Gasteiger partial charge on any atom is 0.256 e. The third-order valence-corrected chi connectivity index (χ3v) is 4.15. The van der Waals surface area contributed by atoms with E-state index in [4.69, 9.17) is 4.74 Å². The SMILES string of the molecule is COc1ccc(Br)c(C(=O)Nc2cccc3ccccc23)c1. The molecule has 3 nitrogen and oxygen atoms in total. The molecule has 1 amide bonds. The summed E-state index contributed by atoms with van der Waals surface area (Å²) in [4.78, 5) is 12.6. The minimum absolute atomic E-state index is 0.179. The van der Waals surface area contributed by atoms with Gasteiger partial charge in [0.15, 0.2) is 0 Å². The van der Waals surface area contributed by atoms with Crippen LogP contribution in [0, 0.1) is 0 Å². The molecule has 4 heteroatoms. The van der Waals surface area contributed by atoms with Crippen LogP contribution >= 0.6 is 15.9 Å². The Hall–Kier alpha value is -2.33. The number of fused-ring (bicyclic) bond motifs is 1. The van der Waals surface area contributed by atoms with Crippen LogP contribution in [0.25, 0.3) is 10.8 Å². The quantitative estimate of drug-likeness (QED) is 0.728. The summed E-state index contributed by atoms with van der Waals surface area (Å²) in [6, 6.07) is 19.1. The molecule has 3 aromatic carbocycles. The smallest absolute Gasteiger partial charge is 0.256 e. The summed E-state index contributed by atoms with van der Waals surface area (Å²) in [5, 5.41) is 5.07. The molecule has 1 N–H and O–H groups in total. The molecular weight excluding hydrogens is 342 g/mol. The first-order chi connectivity index (χ1) is 10.7. The molecule has 0 saturated heterocycles. The average molecular weight is 356 g/mol. The van der Waals surface area contributed by atoms with E-state index in [1.54, 1.807) is 25.3 Å². The van der Waals surface area contributed by atoms with Crippen LogP contribution in [0.3, 0.4) is 0 Å². The van der Waals surface area contributed by atoms with E-state index in [0.29, 0.717) is 11.3 Å². The summed E-state index contributed by atoms with van der Waals surface area (Å²) in [5.74, 6) is 0.466. The summed E-state index contributed by atoms with van der Waals surface area (Å²) in [7, 11) is 1.58. The standard InChI is InChI=1S/C18H14BrNO2/c1-22-13-9-10-16(19)15(11-13)18(21)20-17-8-4-6-12-5-2-3-7-14(12)17/h2-11H,1H3,(H,20,21). The van der Waals surface area contributed by atoms with Gasteiger partial charge in [0.1, 0.15) is 5.75 Å². The highest BCUT2D eigenvalue weighted by atomic mass is 79.9. The molecule has 0 heterocycles. The number of carbonyl (C=O) groups excluding carboxylic acids is 1. The number of methoxy groups -OCH3 is 1. The van der Waals surface area contributed by atoms with Crippen molar-refractivity contribution in [3.8, 4) is 5.75 Å². The Kier molecular flexibility index (Phi) is 4.11. The van der Waals surface area contributed by atoms with E-state index in [0.717, 1.165) is 20.9 Å². The summed E-state index contributed by atoms with van der Waals surface area (Å²) >= 11 is 3.41. The van der Waals surface area contributed by atoms with Crippen molar-refractivity contribution < 1.29 is 9.53 Å². The van der Waals surface area contributed by atoms with Gasteiger partial charge in [-0.3, -0.25) is 4.79 Å². The van der Waals surface area contributed by atoms with E-state index in [-0.39, 0.29) is 5.91 Å². The monoisotopic (exact) mass is 355 g/mol. The molecule has 0 spiro atoms. The van der Waals surface area contributed by atoms with Crippen LogP contribution in [0.1, 0.15) is 10.4 Å². The largest absolute Gasteiger partial charge is 0.497 e. The first kappa shape index (κ1) is 14.6. The lowest BCUT2D eigenvalue weighted by Crippen LogP contribution is -2.13. The zero-order valence-corrected chi connectivity index (χ0v) is 13.6. The van der Waals surface area contributed by atoms with Gasteiger partial charge in [0.2, 0.25) is 0 Å². The molecule has 0 saturated carbocycles. The van der Waals surface area contributed by atoms with Gasteiger partial charge in [-0.25, -0.2) is 0 Å². The average Bonchev–Trinajstić information content (AvgIpc) is 2.55. The number of benzene rings is 3. The van der Waals surface area contributed by atoms with Gasteiger partial charge in [-0.1, -0.05) is 36.4 Å². The molecule has 110 valence electrons. The van der Waals surface area contributed by atoms with Crippen LogP contribution in [-0.4, -0.2) is 13.0 Å². The number of amides is 1. The summed E-state index contributed by atoms with van der Waals surface area (Å²) in [5.41, 5.74) is 1.32. The molecule has 0 fully saturated rings. The van der Waals surface area contributed by atoms with E-state index >= 15 is 0 Å². The Labute approximate surface area is 137 Å². The van der Waals surface area contributed by atoms with Crippen molar-refractivity contribution in [2.45, 2.75) is 0 Å². The first-order valence-corrected chi connectivity index (χ1v) is 7.61. The Morgan fingerprint density at radius 1 is 1.05 bits per heavy atom. The van der Waals surface area contributed by atoms with Gasteiger partial charge in [-0.2, -0.15) is 0 Å². The number of carbonyl (C=O) groups is 1. The summed E-state index contributed by atoms with van der Waals surface area (Å²) < 4.78 is 5.91. The number of halogens is 1. The lowest BCUT2D eigenvalue weighted by Gasteiger charge is -2.11. The number of nitrogens with one attached hydrogen (secondary N) is 1. The van der Waals surface area contributed by atoms with Crippen LogP contribution < -0.4 is 10.1 Å². The van der Waals surface area contributed by atoms with E-state index in [1.165, 1.54) is 0 Å². The van der Waals surface area contributed by atoms with Crippen LogP contribution in [-0.2, 0) is 0 Å². The van der Waals surface area contributed by atoms with Crippen molar-refractivity contribution >= 4 is 38.3 Å². The normalized spacial score (nSPS) is 10.5. The second-order valence-electron chi connectivity index (χ2n) is 4.83. The fraction of sp³-hybridized carbons (Fsp3) is 0.0556. The first-order valence-electron chi connectivity index (χ1n) is 6.81. The van der Waals surface area contributed by atoms with Gasteiger partial charge in [-0.15, -0.1) is 0 Å². The van der Waals surface area contributed by atoms with Gasteiger partial charge in [0.05, 0.1) is 12.7 Å². The van der Waals surface area contributed by atoms with E-state index < -0.39 is 0 Å². The van der Waals surface area contributed by atoms with Crippen LogP contribution in [0.4, 0.5) is 5.69 Å². The van der Waals surface area contributed by atoms with Crippen molar-refractivity contribution in [3.05, 3.63) is 70.7 Å². The maximum atomic E-state index is 12.6. The van der Waals surface area contributed by atoms with Gasteiger partial charge in [0, 0.05) is 15.5 Å². The van der Waals surface area contributed by atoms with Gasteiger partial charge < -0.3 is 10.1 Å². The number of hydrogen-bond donors (Lipinski definition) is 1. The van der Waals surface area contributed by atoms with Gasteiger partial charge >= 0.3 is 0 Å². The Balaban J connectivity index is 1.97. The molecule has 0 aromatic heterocycles. The van der Waals surface area contributed by atoms with E-state index in [9.17, 15) is 4.79 Å². The number of hydrogen-bond acceptors (Lipinski definition) is 2. The van der Waals surface area contributed by atoms with Crippen molar-refractivity contribution in [2.75, 3.05) is 12.4 Å². The van der Waals surface area contributed by atoms with Gasteiger partial charge in [-0.05, 0) is 45.6 Å². The van der Waals surface area contributed by atoms with Crippen molar-refractivity contribution in [1.82, 2.24) is 0 Å². The Morgan fingerprint density at radius 3 is 2.64 bits per heavy atom. The molecular formula is C18H14BrNO2. The summed E-state index contributed by atoms with van der Waals surface area (Å²) in [6.45, 7) is 0. The highest BCUT2D eigenvalue weighted by Gasteiger charge is 2.12. The number of rotatable bonds is 3. The van der Waals surface area contributed by atoms with Crippen LogP contribution in [0.15, 0.2) is 65.1 Å². The molecule has 3 aromatic rings. The minimum atomic E-state index is -0.179. The highest BCUT2D eigenvalue weighted by Crippen LogP contribution is 2.26. The fourth-order valence-corrected chi connectivity index (χ4v) is 2.76. The second kappa shape index (κ2) is 6.20. The topological polar surface area (TPSA) is 38.3 Å². The molecule has 0 atom stereocenters. The third-order valence-electron chi connectivity index (χ3n) is 3.46. The number of ether oxygens (including phenoxy) is 1. The van der Waals surface area contributed by atoms with Crippen molar-refractivity contribution in [1.29, 1.82) is 0 Å². The van der Waals surface area contributed by atoms with E-state index in [1.807, 2.05) is 42.5 Å². The molecule has 22 heavy (non-hydrogen) atoms. The van der Waals surface area contributed by atoms with Crippen molar-refractivity contribution in [3.63, 3.8) is 0 Å². The maximum absolute atomic E-state index is 12.6. The molecule has 0 aliphatic heterocycles. The minimum Gasteiger partial charge on any atom is -0.497 e. The summed E-state index contributed by atoms with van der Waals surface area (Å²) in [6.07, 6.45) is 0. The predicted octanol–water partition coefficient (Wildman–Crippen LogP) is 4.86. The predicted molar refractivity (Wildman–Crippen MR) is 92.6 cm³/mol. The molecule has 0 radical (unpaired) electrons. The molecule has 0 aliphatic rings. The van der Waals surface area contributed by atoms with E-state index in [2.05, 4.69) is 21.2 Å². The van der Waals surface area contributed by atoms with Crippen molar-refractivity contribution in [2.24, 2.45) is 0 Å². The number of anilines is 1. The zero-order valence-electron chi connectivity index (χ0n) is 12.0. The Bertz CT molecular complexity index is 840. The molecule has 3 rings (SSSR count). The van der Waals surface area contributed by atoms with Crippen LogP contribution in [0.5, 0.6) is 5.75 Å². The molecule has 0 bridgehead atoms. The van der Waals surface area contributed by atoms with Crippen LogP contribution in [0.2, 0.25) is 0 Å². The lowest BCUT2D eigenvalue weighted by molar-refractivity contribution is 0.102. The fourth-order valence-electron chi connectivity index (χ4n) is 2.33. The molecule has 0 aliphatic carbocycles. The highest BCUT2D eigenvalue weighted by molar-refractivity contribution is 9.10. The zero-order chi connectivity index (χ0) is 15.5. The Morgan fingerprint density at radius 2 is 1.82 bits per heavy atom. The lowest BCUT2D eigenvalue weighted by atomic mass is 10.1. The third kappa shape index (κ3) is 2.83. The van der Waals surface area contributed by atoms with Gasteiger partial charge in [0.25, 0.3) is 5.91 Å².